The number of fused-ring (bicyclic) bond motifs is 1. The molecular formula is C29H29FN4O4S2. The third-order valence-electron chi connectivity index (χ3n) is 7.02. The van der Waals surface area contributed by atoms with Crippen LogP contribution in [0.4, 0.5) is 9.52 Å². The molecule has 5 rings (SSSR count). The lowest BCUT2D eigenvalue weighted by Crippen LogP contribution is -2.38. The molecule has 0 unspecified atom stereocenters. The molecule has 1 aliphatic carbocycles. The van der Waals surface area contributed by atoms with Gasteiger partial charge in [-0.15, -0.1) is 0 Å². The number of halogens is 1. The summed E-state index contributed by atoms with van der Waals surface area (Å²) in [5.74, 6) is -0.228. The normalized spacial score (nSPS) is 14.7. The van der Waals surface area contributed by atoms with Crippen molar-refractivity contribution in [1.29, 1.82) is 0 Å². The van der Waals surface area contributed by atoms with Crippen LogP contribution in [0.25, 0.3) is 10.2 Å². The molecule has 0 aliphatic heterocycles. The van der Waals surface area contributed by atoms with Gasteiger partial charge >= 0.3 is 0 Å². The van der Waals surface area contributed by atoms with Crippen molar-refractivity contribution in [2.75, 3.05) is 19.2 Å². The summed E-state index contributed by atoms with van der Waals surface area (Å²) in [4.78, 5) is 18.3. The van der Waals surface area contributed by atoms with Crippen molar-refractivity contribution in [3.05, 3.63) is 83.7 Å². The van der Waals surface area contributed by atoms with Crippen molar-refractivity contribution < 1.29 is 22.3 Å². The minimum Gasteiger partial charge on any atom is -0.497 e. The predicted octanol–water partition coefficient (Wildman–Crippen LogP) is 6.08. The molecule has 3 aromatic carbocycles. The topological polar surface area (TPSA) is 92.2 Å². The molecule has 1 fully saturated rings. The molecule has 40 heavy (non-hydrogen) atoms. The second-order valence-electron chi connectivity index (χ2n) is 9.58. The Morgan fingerprint density at radius 3 is 2.42 bits per heavy atom. The molecule has 4 aromatic rings. The molecule has 1 saturated carbocycles. The molecule has 1 aromatic heterocycles. The number of aromatic nitrogens is 1. The molecular weight excluding hydrogens is 551 g/mol. The van der Waals surface area contributed by atoms with Gasteiger partial charge in [-0.25, -0.2) is 17.8 Å². The third-order valence-corrected chi connectivity index (χ3v) is 9.94. The van der Waals surface area contributed by atoms with Gasteiger partial charge in [-0.3, -0.25) is 4.79 Å². The molecule has 0 N–H and O–H groups in total. The van der Waals surface area contributed by atoms with Gasteiger partial charge in [0.25, 0.3) is 5.91 Å². The zero-order valence-corrected chi connectivity index (χ0v) is 23.8. The Bertz CT molecular complexity index is 1630. The number of nitrogens with zero attached hydrogens (tertiary/aromatic N) is 4. The number of thiazole rings is 1. The monoisotopic (exact) mass is 580 g/mol. The van der Waals surface area contributed by atoms with E-state index in [0.717, 1.165) is 54.0 Å². The first-order valence-electron chi connectivity index (χ1n) is 12.9. The van der Waals surface area contributed by atoms with Crippen LogP contribution in [0.2, 0.25) is 0 Å². The second-order valence-corrected chi connectivity index (χ2v) is 12.6. The average molecular weight is 581 g/mol. The van der Waals surface area contributed by atoms with E-state index in [9.17, 15) is 17.6 Å². The van der Waals surface area contributed by atoms with Crippen LogP contribution in [0.5, 0.6) is 5.75 Å². The van der Waals surface area contributed by atoms with Crippen LogP contribution < -0.4 is 9.75 Å². The predicted molar refractivity (Wildman–Crippen MR) is 155 cm³/mol. The summed E-state index contributed by atoms with van der Waals surface area (Å²) < 4.78 is 47.5. The van der Waals surface area contributed by atoms with Crippen LogP contribution in [0.3, 0.4) is 0 Å². The lowest BCUT2D eigenvalue weighted by molar-refractivity contribution is 0.0987. The van der Waals surface area contributed by atoms with Crippen molar-refractivity contribution >= 4 is 48.8 Å². The van der Waals surface area contributed by atoms with E-state index in [0.29, 0.717) is 16.0 Å². The second kappa shape index (κ2) is 11.8. The molecule has 1 aliphatic rings. The smallest absolute Gasteiger partial charge is 0.280 e. The highest BCUT2D eigenvalue weighted by Crippen LogP contribution is 2.31. The Balaban J connectivity index is 1.45. The van der Waals surface area contributed by atoms with Crippen molar-refractivity contribution in [3.63, 3.8) is 0 Å². The first-order chi connectivity index (χ1) is 19.3. The number of rotatable bonds is 8. The lowest BCUT2D eigenvalue weighted by atomic mass is 9.96. The zero-order chi connectivity index (χ0) is 28.3. The van der Waals surface area contributed by atoms with Gasteiger partial charge in [-0.05, 0) is 85.1 Å². The van der Waals surface area contributed by atoms with Gasteiger partial charge in [0.1, 0.15) is 11.6 Å². The van der Waals surface area contributed by atoms with Crippen molar-refractivity contribution in [2.45, 2.75) is 43.0 Å². The van der Waals surface area contributed by atoms with Gasteiger partial charge in [-0.2, -0.15) is 14.4 Å². The summed E-state index contributed by atoms with van der Waals surface area (Å²) in [5, 5.41) is 5.82. The van der Waals surface area contributed by atoms with Gasteiger partial charge in [0.2, 0.25) is 15.2 Å². The molecule has 208 valence electrons. The Labute approximate surface area is 236 Å². The van der Waals surface area contributed by atoms with Crippen molar-refractivity contribution in [3.8, 4) is 5.75 Å². The maximum Gasteiger partial charge on any atom is 0.280 e. The van der Waals surface area contributed by atoms with Crippen LogP contribution in [0.15, 0.2) is 76.7 Å². The molecule has 0 spiro atoms. The molecule has 0 radical (unpaired) electrons. The van der Waals surface area contributed by atoms with E-state index in [2.05, 4.69) is 10.1 Å². The van der Waals surface area contributed by atoms with Gasteiger partial charge in [0.15, 0.2) is 0 Å². The average Bonchev–Trinajstić information content (AvgIpc) is 3.40. The summed E-state index contributed by atoms with van der Waals surface area (Å²) in [6.07, 6.45) is 6.37. The molecule has 0 saturated heterocycles. The van der Waals surface area contributed by atoms with Gasteiger partial charge in [0, 0.05) is 18.7 Å². The Morgan fingerprint density at radius 1 is 1.05 bits per heavy atom. The fourth-order valence-electron chi connectivity index (χ4n) is 4.68. The summed E-state index contributed by atoms with van der Waals surface area (Å²) in [5.41, 5.74) is 1.49. The quantitative estimate of drug-likeness (QED) is 0.186. The minimum absolute atomic E-state index is 0.0216. The van der Waals surface area contributed by atoms with E-state index in [1.165, 1.54) is 46.9 Å². The number of amides is 1. The third kappa shape index (κ3) is 5.91. The fourth-order valence-corrected chi connectivity index (χ4v) is 7.04. The molecule has 8 nitrogen and oxygen atoms in total. The highest BCUT2D eigenvalue weighted by atomic mass is 32.2. The van der Waals surface area contributed by atoms with Crippen LogP contribution in [0, 0.1) is 5.82 Å². The molecule has 1 heterocycles. The van der Waals surface area contributed by atoms with Crippen molar-refractivity contribution in [1.82, 2.24) is 9.29 Å². The van der Waals surface area contributed by atoms with Crippen LogP contribution >= 0.6 is 11.3 Å². The number of hydrogen-bond acceptors (Lipinski definition) is 7. The van der Waals surface area contributed by atoms with Gasteiger partial charge in [-0.1, -0.05) is 30.6 Å². The summed E-state index contributed by atoms with van der Waals surface area (Å²) in [7, 11) is -0.510. The van der Waals surface area contributed by atoms with E-state index in [1.54, 1.807) is 44.5 Å². The summed E-state index contributed by atoms with van der Waals surface area (Å²) >= 11 is 1.13. The maximum absolute atomic E-state index is 13.8. The largest absolute Gasteiger partial charge is 0.497 e. The maximum atomic E-state index is 13.8. The van der Waals surface area contributed by atoms with E-state index >= 15 is 0 Å². The van der Waals surface area contributed by atoms with E-state index in [1.807, 2.05) is 0 Å². The van der Waals surface area contributed by atoms with Crippen molar-refractivity contribution in [2.24, 2.45) is 5.10 Å². The van der Waals surface area contributed by atoms with Gasteiger partial charge < -0.3 is 4.74 Å². The Hall–Kier alpha value is -3.67. The van der Waals surface area contributed by atoms with Crippen LogP contribution in [0.1, 0.15) is 48.0 Å². The van der Waals surface area contributed by atoms with E-state index in [4.69, 9.17) is 4.74 Å². The first-order valence-corrected chi connectivity index (χ1v) is 15.2. The standard InChI is InChI=1S/C29H29FN4O4S2/c1-33(23-6-4-3-5-7-23)40(36,37)25-15-10-21(11-16-25)28(35)34(31-19-20-8-13-24(38-2)14-9-20)29-32-26-17-12-22(30)18-27(26)39-29/h8-19,23H,3-7H2,1-2H3/b31-19+. The highest BCUT2D eigenvalue weighted by Gasteiger charge is 2.29. The van der Waals surface area contributed by atoms with Crippen LogP contribution in [-0.2, 0) is 10.0 Å². The summed E-state index contributed by atoms with van der Waals surface area (Å²) in [6.45, 7) is 0. The number of hydrazone groups is 1. The number of benzene rings is 3. The highest BCUT2D eigenvalue weighted by molar-refractivity contribution is 7.89. The van der Waals surface area contributed by atoms with E-state index in [-0.39, 0.29) is 21.6 Å². The number of carbonyl (C=O) groups excluding carboxylic acids is 1. The number of anilines is 1. The Morgan fingerprint density at radius 2 is 1.75 bits per heavy atom. The van der Waals surface area contributed by atoms with Gasteiger partial charge in [0.05, 0.1) is 28.4 Å². The first kappa shape index (κ1) is 27.9. The molecule has 0 atom stereocenters. The number of carbonyl (C=O) groups is 1. The zero-order valence-electron chi connectivity index (χ0n) is 22.2. The molecule has 0 bridgehead atoms. The number of ether oxygens (including phenoxy) is 1. The van der Waals surface area contributed by atoms with Crippen LogP contribution in [-0.4, -0.2) is 50.0 Å². The number of sulfonamides is 1. The molecule has 1 amide bonds. The fraction of sp³-hybridized carbons (Fsp3) is 0.276. The Kier molecular flexibility index (Phi) is 8.24. The lowest BCUT2D eigenvalue weighted by Gasteiger charge is -2.30. The number of hydrogen-bond donors (Lipinski definition) is 0. The molecule has 11 heteroatoms. The SMILES string of the molecule is COc1ccc(/C=N/N(C(=O)c2ccc(S(=O)(=O)N(C)C3CCCCC3)cc2)c2nc3ccc(F)cc3s2)cc1. The van der Waals surface area contributed by atoms with E-state index < -0.39 is 21.7 Å². The summed E-state index contributed by atoms with van der Waals surface area (Å²) in [6, 6.07) is 17.2. The minimum atomic E-state index is -3.70. The number of methoxy groups -OCH3 is 1.